The lowest BCUT2D eigenvalue weighted by atomic mass is 10.0. The highest BCUT2D eigenvalue weighted by Crippen LogP contribution is 2.49. The minimum absolute atomic E-state index is 0.0696. The monoisotopic (exact) mass is 574 g/mol. The number of Topliss-reactive ketones (excluding diaryl/α,β-unsaturated/α-hetero) is 1. The Balaban J connectivity index is 1.09. The zero-order valence-corrected chi connectivity index (χ0v) is 24.1. The highest BCUT2D eigenvalue weighted by molar-refractivity contribution is 7.17. The summed E-state index contributed by atoms with van der Waals surface area (Å²) in [7, 11) is 0. The van der Waals surface area contributed by atoms with Crippen molar-refractivity contribution in [2.75, 3.05) is 26.2 Å². The number of carbonyl (C=O) groups is 1. The number of nitrogens with one attached hydrogen (secondary N) is 2. The number of likely N-dealkylation sites (tertiary alicyclic amines) is 1. The molecule has 5 aromatic heterocycles. The lowest BCUT2D eigenvalue weighted by Crippen LogP contribution is -2.25. The van der Waals surface area contributed by atoms with Gasteiger partial charge in [-0.1, -0.05) is 6.08 Å². The predicted octanol–water partition coefficient (Wildman–Crippen LogP) is 4.80. The third-order valence-corrected chi connectivity index (χ3v) is 9.71. The fraction of sp³-hybridized carbons (Fsp3) is 0.273. The van der Waals surface area contributed by atoms with Gasteiger partial charge in [-0.25, -0.2) is 0 Å². The molecular formula is C33H30N6O2S. The number of thiophene rings is 1. The summed E-state index contributed by atoms with van der Waals surface area (Å²) < 4.78 is 6.10. The van der Waals surface area contributed by atoms with Gasteiger partial charge in [-0.3, -0.25) is 24.8 Å². The standard InChI is InChI=1S/C33H30N6O2S/c1-19(40)29-6-7-30(42-29)32-25-16-28(36-26(25)8-9-35-32)33-31-24-15-23(24)22(4-5-27(31)37-38-33)20-14-21(18-34-17-20)41-13-12-39-10-2-3-11-39/h4-9,14,16-18,23,36-37H,2-3,10-13,15H2,1H3. The second-order valence-electron chi connectivity index (χ2n) is 11.3. The fourth-order valence-electron chi connectivity index (χ4n) is 6.30. The van der Waals surface area contributed by atoms with E-state index >= 15 is 0 Å². The Kier molecular flexibility index (Phi) is 6.15. The van der Waals surface area contributed by atoms with Gasteiger partial charge in [0.1, 0.15) is 18.1 Å². The number of pyridine rings is 2. The second-order valence-corrected chi connectivity index (χ2v) is 12.3. The molecule has 2 fully saturated rings. The van der Waals surface area contributed by atoms with Crippen LogP contribution < -0.4 is 15.3 Å². The largest absolute Gasteiger partial charge is 0.491 e. The molecule has 1 saturated heterocycles. The number of fused-ring (bicyclic) bond motifs is 3. The molecule has 0 aromatic carbocycles. The average molecular weight is 575 g/mol. The zero-order valence-electron chi connectivity index (χ0n) is 23.3. The number of carbonyl (C=O) groups excluding carboxylic acids is 1. The van der Waals surface area contributed by atoms with E-state index in [-0.39, 0.29) is 5.78 Å². The zero-order chi connectivity index (χ0) is 28.2. The van der Waals surface area contributed by atoms with E-state index in [1.54, 1.807) is 6.92 Å². The van der Waals surface area contributed by atoms with Crippen molar-refractivity contribution in [2.45, 2.75) is 26.2 Å². The summed E-state index contributed by atoms with van der Waals surface area (Å²) in [6.45, 7) is 5.59. The Bertz CT molecular complexity index is 2010. The molecule has 1 atom stereocenters. The van der Waals surface area contributed by atoms with Crippen LogP contribution in [0.5, 0.6) is 5.75 Å². The number of hydrogen-bond acceptors (Lipinski definition) is 7. The van der Waals surface area contributed by atoms with Crippen molar-refractivity contribution in [3.05, 3.63) is 76.0 Å². The maximum Gasteiger partial charge on any atom is 0.169 e. The van der Waals surface area contributed by atoms with Gasteiger partial charge in [0.2, 0.25) is 0 Å². The van der Waals surface area contributed by atoms with Crippen molar-refractivity contribution in [3.63, 3.8) is 0 Å². The van der Waals surface area contributed by atoms with Gasteiger partial charge in [-0.2, -0.15) is 5.10 Å². The lowest BCUT2D eigenvalue weighted by molar-refractivity contribution is 0.102. The number of H-pyrrole nitrogens is 2. The van der Waals surface area contributed by atoms with E-state index in [0.29, 0.717) is 12.5 Å². The van der Waals surface area contributed by atoms with Crippen LogP contribution in [0.4, 0.5) is 0 Å². The molecule has 3 aliphatic rings. The van der Waals surface area contributed by atoms with Crippen LogP contribution in [-0.4, -0.2) is 62.1 Å². The van der Waals surface area contributed by atoms with E-state index in [4.69, 9.17) is 9.84 Å². The molecule has 8 nitrogen and oxygen atoms in total. The third kappa shape index (κ3) is 4.49. The van der Waals surface area contributed by atoms with Crippen LogP contribution in [0.15, 0.2) is 55.0 Å². The summed E-state index contributed by atoms with van der Waals surface area (Å²) in [4.78, 5) is 28.8. The van der Waals surface area contributed by atoms with Crippen LogP contribution in [-0.2, 0) is 0 Å². The molecule has 8 rings (SSSR count). The van der Waals surface area contributed by atoms with Crippen LogP contribution in [0.3, 0.4) is 0 Å². The van der Waals surface area contributed by atoms with Gasteiger partial charge >= 0.3 is 0 Å². The highest BCUT2D eigenvalue weighted by atomic mass is 32.1. The van der Waals surface area contributed by atoms with Gasteiger partial charge in [0.25, 0.3) is 0 Å². The molecule has 0 radical (unpaired) electrons. The Hall–Kier alpha value is -4.34. The molecule has 42 heavy (non-hydrogen) atoms. The summed E-state index contributed by atoms with van der Waals surface area (Å²) in [6, 6.07) is 10.1. The lowest BCUT2D eigenvalue weighted by Gasteiger charge is -2.15. The van der Waals surface area contributed by atoms with E-state index < -0.39 is 0 Å². The van der Waals surface area contributed by atoms with Crippen molar-refractivity contribution in [3.8, 4) is 27.7 Å². The van der Waals surface area contributed by atoms with Crippen LogP contribution >= 0.6 is 11.3 Å². The van der Waals surface area contributed by atoms with Crippen LogP contribution in [0, 0.1) is 5.92 Å². The number of allylic oxidation sites excluding steroid dienone is 2. The Morgan fingerprint density at radius 2 is 2.02 bits per heavy atom. The molecule has 1 aliphatic heterocycles. The molecule has 210 valence electrons. The highest BCUT2D eigenvalue weighted by Gasteiger charge is 2.37. The molecule has 0 spiro atoms. The number of hydrogen-bond donors (Lipinski definition) is 2. The van der Waals surface area contributed by atoms with Gasteiger partial charge < -0.3 is 9.72 Å². The quantitative estimate of drug-likeness (QED) is 0.258. The molecule has 1 saturated carbocycles. The van der Waals surface area contributed by atoms with Crippen LogP contribution in [0.2, 0.25) is 0 Å². The molecule has 9 heteroatoms. The van der Waals surface area contributed by atoms with Crippen molar-refractivity contribution < 1.29 is 9.53 Å². The Labute approximate surface area is 246 Å². The Morgan fingerprint density at radius 3 is 2.88 bits per heavy atom. The van der Waals surface area contributed by atoms with E-state index in [9.17, 15) is 4.79 Å². The smallest absolute Gasteiger partial charge is 0.169 e. The van der Waals surface area contributed by atoms with Gasteiger partial charge in [-0.05, 0) is 86.8 Å². The first kappa shape index (κ1) is 25.4. The van der Waals surface area contributed by atoms with Crippen molar-refractivity contribution in [1.29, 1.82) is 0 Å². The van der Waals surface area contributed by atoms with E-state index in [1.807, 2.05) is 36.8 Å². The van der Waals surface area contributed by atoms with E-state index in [2.05, 4.69) is 49.2 Å². The first-order valence-electron chi connectivity index (χ1n) is 14.5. The Morgan fingerprint density at radius 1 is 1.12 bits per heavy atom. The summed E-state index contributed by atoms with van der Waals surface area (Å²) in [5.41, 5.74) is 7.48. The third-order valence-electron chi connectivity index (χ3n) is 8.52. The summed E-state index contributed by atoms with van der Waals surface area (Å²) >= 11 is 1.48. The minimum Gasteiger partial charge on any atom is -0.491 e. The molecule has 2 aliphatic carbocycles. The predicted molar refractivity (Wildman–Crippen MR) is 166 cm³/mol. The molecule has 6 heterocycles. The van der Waals surface area contributed by atoms with E-state index in [1.165, 1.54) is 53.6 Å². The molecule has 2 N–H and O–H groups in total. The number of aromatic nitrogens is 5. The first-order chi connectivity index (χ1) is 20.6. The number of rotatable bonds is 8. The maximum atomic E-state index is 11.9. The topological polar surface area (TPSA) is 99.8 Å². The summed E-state index contributed by atoms with van der Waals surface area (Å²) in [6.07, 6.45) is 13.5. The van der Waals surface area contributed by atoms with Crippen molar-refractivity contribution >= 4 is 45.2 Å². The number of aromatic amines is 2. The van der Waals surface area contributed by atoms with Crippen molar-refractivity contribution in [2.24, 2.45) is 5.92 Å². The first-order valence-corrected chi connectivity index (χ1v) is 15.3. The molecule has 1 unspecified atom stereocenters. The minimum atomic E-state index is 0.0696. The summed E-state index contributed by atoms with van der Waals surface area (Å²) in [5, 5.41) is 11.2. The van der Waals surface area contributed by atoms with Gasteiger partial charge in [-0.15, -0.1) is 11.3 Å². The number of ether oxygens (including phenoxy) is 1. The summed E-state index contributed by atoms with van der Waals surface area (Å²) in [5.74, 6) is 1.22. The normalized spacial score (nSPS) is 17.9. The van der Waals surface area contributed by atoms with Crippen molar-refractivity contribution in [1.82, 2.24) is 30.0 Å². The molecule has 5 aromatic rings. The fourth-order valence-corrected chi connectivity index (χ4v) is 7.22. The van der Waals surface area contributed by atoms with Crippen LogP contribution in [0.1, 0.15) is 41.4 Å². The number of nitrogens with zero attached hydrogens (tertiary/aromatic N) is 4. The molecular weight excluding hydrogens is 544 g/mol. The maximum absolute atomic E-state index is 11.9. The van der Waals surface area contributed by atoms with E-state index in [0.717, 1.165) is 67.4 Å². The van der Waals surface area contributed by atoms with Gasteiger partial charge in [0.05, 0.1) is 32.7 Å². The average Bonchev–Trinajstić information content (AvgIpc) is 3.49. The van der Waals surface area contributed by atoms with Gasteiger partial charge in [0, 0.05) is 46.5 Å². The number of ketones is 1. The van der Waals surface area contributed by atoms with Gasteiger partial charge in [0.15, 0.2) is 5.78 Å². The SMILES string of the molecule is CC(=O)c1ccc(-c2nccc3[nH]c(-c4n[nH]c5c4=C4CC4C(c4cncc(OCCN6CCCC6)c4)=CC=5)cc23)s1. The van der Waals surface area contributed by atoms with Crippen LogP contribution in [0.25, 0.3) is 50.1 Å². The molecule has 0 amide bonds. The second kappa shape index (κ2) is 10.2. The molecule has 0 bridgehead atoms.